The van der Waals surface area contributed by atoms with Gasteiger partial charge in [0.05, 0.1) is 0 Å². The van der Waals surface area contributed by atoms with Crippen LogP contribution in [0.5, 0.6) is 0 Å². The number of piperidine rings is 1. The van der Waals surface area contributed by atoms with Crippen molar-refractivity contribution in [3.63, 3.8) is 0 Å². The summed E-state index contributed by atoms with van der Waals surface area (Å²) in [6.07, 6.45) is 1.82. The van der Waals surface area contributed by atoms with E-state index in [9.17, 15) is 19.5 Å². The first-order valence-corrected chi connectivity index (χ1v) is 7.77. The highest BCUT2D eigenvalue weighted by Gasteiger charge is 2.32. The number of hydrogen-bond acceptors (Lipinski definition) is 3. The number of carboxylic acid groups (broad SMARTS) is 1. The van der Waals surface area contributed by atoms with Gasteiger partial charge in [0.2, 0.25) is 5.91 Å². The summed E-state index contributed by atoms with van der Waals surface area (Å²) in [4.78, 5) is 38.6. The Hall–Kier alpha value is -1.79. The summed E-state index contributed by atoms with van der Waals surface area (Å²) in [5.41, 5.74) is 0. The van der Waals surface area contributed by atoms with Crippen LogP contribution in [0.3, 0.4) is 0 Å². The third kappa shape index (κ3) is 4.61. The van der Waals surface area contributed by atoms with Crippen molar-refractivity contribution in [3.05, 3.63) is 0 Å². The van der Waals surface area contributed by atoms with Crippen molar-refractivity contribution in [2.75, 3.05) is 27.2 Å². The zero-order chi connectivity index (χ0) is 16.9. The van der Waals surface area contributed by atoms with Crippen LogP contribution >= 0.6 is 0 Å². The molecule has 1 fully saturated rings. The van der Waals surface area contributed by atoms with E-state index in [0.29, 0.717) is 32.4 Å². The van der Waals surface area contributed by atoms with E-state index < -0.39 is 12.0 Å². The molecule has 7 heteroatoms. The summed E-state index contributed by atoms with van der Waals surface area (Å²) in [7, 11) is 3.40. The highest BCUT2D eigenvalue weighted by molar-refractivity contribution is 5.85. The molecule has 1 heterocycles. The third-order valence-electron chi connectivity index (χ3n) is 4.30. The van der Waals surface area contributed by atoms with E-state index >= 15 is 0 Å². The first kappa shape index (κ1) is 18.3. The second kappa shape index (κ2) is 8.00. The molecule has 3 amide bonds. The number of aliphatic carboxylic acids is 1. The van der Waals surface area contributed by atoms with E-state index in [-0.39, 0.29) is 23.8 Å². The minimum atomic E-state index is -0.997. The van der Waals surface area contributed by atoms with Crippen LogP contribution in [0.2, 0.25) is 0 Å². The van der Waals surface area contributed by atoms with Gasteiger partial charge in [0, 0.05) is 33.1 Å². The van der Waals surface area contributed by atoms with Crippen molar-refractivity contribution in [2.45, 2.75) is 39.2 Å². The van der Waals surface area contributed by atoms with Crippen molar-refractivity contribution in [3.8, 4) is 0 Å². The van der Waals surface area contributed by atoms with Gasteiger partial charge < -0.3 is 20.2 Å². The van der Waals surface area contributed by atoms with Crippen molar-refractivity contribution in [2.24, 2.45) is 11.8 Å². The lowest BCUT2D eigenvalue weighted by Crippen LogP contribution is -2.50. The molecule has 7 nitrogen and oxygen atoms in total. The van der Waals surface area contributed by atoms with Gasteiger partial charge in [-0.2, -0.15) is 0 Å². The number of nitrogens with zero attached hydrogens (tertiary/aromatic N) is 2. The summed E-state index contributed by atoms with van der Waals surface area (Å²) >= 11 is 0. The summed E-state index contributed by atoms with van der Waals surface area (Å²) in [6, 6.07) is -0.902. The first-order valence-electron chi connectivity index (χ1n) is 7.77. The molecule has 126 valence electrons. The van der Waals surface area contributed by atoms with Gasteiger partial charge >= 0.3 is 12.0 Å². The number of carbonyl (C=O) groups is 3. The third-order valence-corrected chi connectivity index (χ3v) is 4.30. The van der Waals surface area contributed by atoms with E-state index in [4.69, 9.17) is 0 Å². The second-order valence-corrected chi connectivity index (χ2v) is 6.15. The van der Waals surface area contributed by atoms with Gasteiger partial charge in [-0.3, -0.25) is 4.79 Å². The maximum atomic E-state index is 12.3. The molecule has 0 saturated carbocycles. The standard InChI is InChI=1S/C15H27N3O4/c1-5-10(2)12(14(20)21)16-13(19)11-6-8-18(9-7-11)15(22)17(3)4/h10-12H,5-9H2,1-4H3,(H,16,19)(H,20,21). The predicted octanol–water partition coefficient (Wildman–Crippen LogP) is 0.996. The number of amides is 3. The molecule has 1 saturated heterocycles. The minimum absolute atomic E-state index is 0.0538. The fourth-order valence-corrected chi connectivity index (χ4v) is 2.57. The molecule has 1 aliphatic rings. The topological polar surface area (TPSA) is 90.0 Å². The maximum absolute atomic E-state index is 12.3. The van der Waals surface area contributed by atoms with E-state index in [1.54, 1.807) is 19.0 Å². The molecule has 1 aliphatic heterocycles. The second-order valence-electron chi connectivity index (χ2n) is 6.15. The molecule has 0 aromatic heterocycles. The van der Waals surface area contributed by atoms with Gasteiger partial charge in [0.1, 0.15) is 6.04 Å². The van der Waals surface area contributed by atoms with Crippen LogP contribution in [-0.4, -0.2) is 66.0 Å². The molecule has 0 spiro atoms. The van der Waals surface area contributed by atoms with E-state index in [2.05, 4.69) is 5.32 Å². The quantitative estimate of drug-likeness (QED) is 0.792. The number of urea groups is 1. The Morgan fingerprint density at radius 1 is 1.27 bits per heavy atom. The van der Waals surface area contributed by atoms with E-state index in [1.807, 2.05) is 13.8 Å². The Morgan fingerprint density at radius 3 is 2.23 bits per heavy atom. The zero-order valence-electron chi connectivity index (χ0n) is 13.8. The molecule has 2 unspecified atom stereocenters. The summed E-state index contributed by atoms with van der Waals surface area (Å²) < 4.78 is 0. The van der Waals surface area contributed by atoms with Crippen LogP contribution in [-0.2, 0) is 9.59 Å². The fourth-order valence-electron chi connectivity index (χ4n) is 2.57. The number of carbonyl (C=O) groups excluding carboxylic acids is 2. The smallest absolute Gasteiger partial charge is 0.326 e. The normalized spacial score (nSPS) is 18.5. The number of likely N-dealkylation sites (tertiary alicyclic amines) is 1. The van der Waals surface area contributed by atoms with Crippen LogP contribution in [0.15, 0.2) is 0 Å². The Labute approximate surface area is 131 Å². The van der Waals surface area contributed by atoms with Crippen molar-refractivity contribution >= 4 is 17.9 Å². The molecule has 22 heavy (non-hydrogen) atoms. The van der Waals surface area contributed by atoms with Crippen LogP contribution in [0, 0.1) is 11.8 Å². The molecule has 2 atom stereocenters. The van der Waals surface area contributed by atoms with Crippen molar-refractivity contribution in [1.29, 1.82) is 0 Å². The molecule has 0 aromatic carbocycles. The molecule has 0 aromatic rings. The van der Waals surface area contributed by atoms with Gasteiger partial charge in [-0.15, -0.1) is 0 Å². The largest absolute Gasteiger partial charge is 0.480 e. The van der Waals surface area contributed by atoms with E-state index in [0.717, 1.165) is 0 Å². The van der Waals surface area contributed by atoms with Gasteiger partial charge in [0.25, 0.3) is 0 Å². The molecular weight excluding hydrogens is 286 g/mol. The highest BCUT2D eigenvalue weighted by atomic mass is 16.4. The molecule has 2 N–H and O–H groups in total. The Balaban J connectivity index is 2.55. The highest BCUT2D eigenvalue weighted by Crippen LogP contribution is 2.19. The summed E-state index contributed by atoms with van der Waals surface area (Å²) in [5.74, 6) is -1.55. The number of carboxylic acids is 1. The minimum Gasteiger partial charge on any atom is -0.480 e. The summed E-state index contributed by atoms with van der Waals surface area (Å²) in [5, 5.41) is 11.9. The lowest BCUT2D eigenvalue weighted by Gasteiger charge is -2.33. The Kier molecular flexibility index (Phi) is 6.64. The number of rotatable bonds is 5. The average Bonchev–Trinajstić information content (AvgIpc) is 2.50. The van der Waals surface area contributed by atoms with Crippen molar-refractivity contribution in [1.82, 2.24) is 15.1 Å². The van der Waals surface area contributed by atoms with E-state index in [1.165, 1.54) is 4.90 Å². The van der Waals surface area contributed by atoms with Crippen molar-refractivity contribution < 1.29 is 19.5 Å². The monoisotopic (exact) mass is 313 g/mol. The number of hydrogen-bond donors (Lipinski definition) is 2. The molecule has 1 rings (SSSR count). The first-order chi connectivity index (χ1) is 10.3. The lowest BCUT2D eigenvalue weighted by atomic mass is 9.93. The van der Waals surface area contributed by atoms with Crippen LogP contribution < -0.4 is 5.32 Å². The van der Waals surface area contributed by atoms with Gasteiger partial charge in [-0.1, -0.05) is 20.3 Å². The van der Waals surface area contributed by atoms with Crippen LogP contribution in [0.1, 0.15) is 33.1 Å². The molecule has 0 radical (unpaired) electrons. The average molecular weight is 313 g/mol. The van der Waals surface area contributed by atoms with Gasteiger partial charge in [-0.25, -0.2) is 9.59 Å². The fraction of sp³-hybridized carbons (Fsp3) is 0.800. The predicted molar refractivity (Wildman–Crippen MR) is 82.4 cm³/mol. The Morgan fingerprint density at radius 2 is 1.82 bits per heavy atom. The molecular formula is C15H27N3O4. The molecule has 0 bridgehead atoms. The SMILES string of the molecule is CCC(C)C(NC(=O)C1CCN(C(=O)N(C)C)CC1)C(=O)O. The zero-order valence-corrected chi connectivity index (χ0v) is 13.8. The lowest BCUT2D eigenvalue weighted by molar-refractivity contribution is -0.144. The maximum Gasteiger partial charge on any atom is 0.326 e. The van der Waals surface area contributed by atoms with Gasteiger partial charge in [-0.05, 0) is 18.8 Å². The number of nitrogens with one attached hydrogen (secondary N) is 1. The summed E-state index contributed by atoms with van der Waals surface area (Å²) in [6.45, 7) is 4.77. The Bertz CT molecular complexity index is 417. The molecule has 0 aliphatic carbocycles. The van der Waals surface area contributed by atoms with Gasteiger partial charge in [0.15, 0.2) is 0 Å². The van der Waals surface area contributed by atoms with Crippen LogP contribution in [0.4, 0.5) is 4.79 Å². The van der Waals surface area contributed by atoms with Crippen LogP contribution in [0.25, 0.3) is 0 Å².